The molecule has 2 aromatic rings. The number of aryl methyl sites for hydroxylation is 3. The number of hydrogen-bond donors (Lipinski definition) is 1. The van der Waals surface area contributed by atoms with E-state index >= 15 is 0 Å². The van der Waals surface area contributed by atoms with E-state index in [1.807, 2.05) is 26.0 Å². The second-order valence-corrected chi connectivity index (χ2v) is 6.21. The van der Waals surface area contributed by atoms with E-state index in [1.165, 1.54) is 6.26 Å². The van der Waals surface area contributed by atoms with Gasteiger partial charge in [0.1, 0.15) is 17.9 Å². The molecule has 1 amide bonds. The lowest BCUT2D eigenvalue weighted by molar-refractivity contribution is -0.136. The third kappa shape index (κ3) is 4.02. The van der Waals surface area contributed by atoms with Crippen LogP contribution in [-0.2, 0) is 17.8 Å². The van der Waals surface area contributed by atoms with Crippen molar-refractivity contribution in [1.82, 2.24) is 4.90 Å². The molecular formula is C19H23NO5. The first kappa shape index (κ1) is 18.6. The first-order valence-electron chi connectivity index (χ1n) is 7.93. The summed E-state index contributed by atoms with van der Waals surface area (Å²) in [4.78, 5) is 25.3. The van der Waals surface area contributed by atoms with Crippen molar-refractivity contribution in [2.24, 2.45) is 0 Å². The number of benzene rings is 1. The number of rotatable bonds is 6. The number of carbonyl (C=O) groups is 2. The number of amides is 1. The number of nitrogens with zero attached hydrogens (tertiary/aromatic N) is 1. The van der Waals surface area contributed by atoms with Gasteiger partial charge in [-0.2, -0.15) is 0 Å². The molecule has 0 spiro atoms. The van der Waals surface area contributed by atoms with Crippen LogP contribution in [0, 0.1) is 20.8 Å². The highest BCUT2D eigenvalue weighted by atomic mass is 16.5. The van der Waals surface area contributed by atoms with E-state index in [0.717, 1.165) is 22.4 Å². The number of methoxy groups -OCH3 is 1. The van der Waals surface area contributed by atoms with Crippen LogP contribution in [0.25, 0.3) is 0 Å². The Hall–Kier alpha value is -2.76. The third-order valence-corrected chi connectivity index (χ3v) is 4.07. The average Bonchev–Trinajstić information content (AvgIpc) is 2.86. The highest BCUT2D eigenvalue weighted by Crippen LogP contribution is 2.26. The zero-order valence-electron chi connectivity index (χ0n) is 15.2. The summed E-state index contributed by atoms with van der Waals surface area (Å²) in [5.74, 6) is -0.267. The van der Waals surface area contributed by atoms with Crippen LogP contribution in [-0.4, -0.2) is 36.0 Å². The molecule has 25 heavy (non-hydrogen) atoms. The maximum absolute atomic E-state index is 12.8. The number of aliphatic carboxylic acids is 1. The Balaban J connectivity index is 2.24. The summed E-state index contributed by atoms with van der Waals surface area (Å²) in [5.41, 5.74) is 3.95. The topological polar surface area (TPSA) is 80.0 Å². The van der Waals surface area contributed by atoms with Crippen LogP contribution >= 0.6 is 0 Å². The molecule has 1 N–H and O–H groups in total. The zero-order valence-corrected chi connectivity index (χ0v) is 15.2. The largest absolute Gasteiger partial charge is 0.496 e. The Bertz CT molecular complexity index is 783. The molecule has 0 radical (unpaired) electrons. The first-order chi connectivity index (χ1) is 11.7. The van der Waals surface area contributed by atoms with Gasteiger partial charge in [0.2, 0.25) is 0 Å². The van der Waals surface area contributed by atoms with E-state index in [1.54, 1.807) is 26.0 Å². The molecule has 1 aromatic carbocycles. The van der Waals surface area contributed by atoms with Crippen molar-refractivity contribution in [3.8, 4) is 5.75 Å². The van der Waals surface area contributed by atoms with Gasteiger partial charge in [-0.1, -0.05) is 12.1 Å². The summed E-state index contributed by atoms with van der Waals surface area (Å²) in [6, 6.07) is 3.96. The average molecular weight is 345 g/mol. The molecule has 0 bridgehead atoms. The summed E-state index contributed by atoms with van der Waals surface area (Å²) in [5, 5.41) is 8.97. The SMILES string of the molecule is COc1c(C)cc(CN(C)C(=O)c2c(C)coc2CC(=O)O)cc1C. The predicted octanol–water partition coefficient (Wildman–Crippen LogP) is 3.11. The Morgan fingerprint density at radius 3 is 2.28 bits per heavy atom. The van der Waals surface area contributed by atoms with E-state index in [2.05, 4.69) is 0 Å². The van der Waals surface area contributed by atoms with E-state index in [4.69, 9.17) is 14.3 Å². The van der Waals surface area contributed by atoms with E-state index in [0.29, 0.717) is 17.7 Å². The molecule has 1 aromatic heterocycles. The molecule has 6 nitrogen and oxygen atoms in total. The standard InChI is InChI=1S/C19H23NO5/c1-11-6-14(7-12(2)18(11)24-5)9-20(4)19(23)17-13(3)10-25-15(17)8-16(21)22/h6-7,10H,8-9H2,1-5H3,(H,21,22). The fourth-order valence-corrected chi connectivity index (χ4v) is 3.04. The summed E-state index contributed by atoms with van der Waals surface area (Å²) >= 11 is 0. The van der Waals surface area contributed by atoms with E-state index in [9.17, 15) is 9.59 Å². The fourth-order valence-electron chi connectivity index (χ4n) is 3.04. The molecule has 0 aliphatic carbocycles. The normalized spacial score (nSPS) is 10.6. The second kappa shape index (κ2) is 7.42. The Kier molecular flexibility index (Phi) is 5.51. The van der Waals surface area contributed by atoms with Gasteiger partial charge in [0, 0.05) is 19.2 Å². The molecule has 0 atom stereocenters. The van der Waals surface area contributed by atoms with Crippen molar-refractivity contribution in [3.63, 3.8) is 0 Å². The minimum atomic E-state index is -1.03. The summed E-state index contributed by atoms with van der Waals surface area (Å²) in [6.45, 7) is 6.06. The van der Waals surface area contributed by atoms with Crippen LogP contribution in [0.1, 0.15) is 38.4 Å². The Morgan fingerprint density at radius 1 is 1.16 bits per heavy atom. The van der Waals surface area contributed by atoms with Gasteiger partial charge in [-0.05, 0) is 37.5 Å². The molecule has 0 aliphatic rings. The molecule has 0 saturated heterocycles. The van der Waals surface area contributed by atoms with Crippen molar-refractivity contribution in [3.05, 3.63) is 52.0 Å². The predicted molar refractivity (Wildman–Crippen MR) is 93.1 cm³/mol. The molecule has 2 rings (SSSR count). The van der Waals surface area contributed by atoms with Gasteiger partial charge in [0.25, 0.3) is 5.91 Å². The van der Waals surface area contributed by atoms with Gasteiger partial charge in [0.05, 0.1) is 18.9 Å². The Morgan fingerprint density at radius 2 is 1.76 bits per heavy atom. The number of carboxylic acids is 1. The van der Waals surface area contributed by atoms with Crippen LogP contribution in [0.15, 0.2) is 22.8 Å². The highest BCUT2D eigenvalue weighted by Gasteiger charge is 2.23. The van der Waals surface area contributed by atoms with Gasteiger partial charge in [-0.25, -0.2) is 0 Å². The minimum Gasteiger partial charge on any atom is -0.496 e. The van der Waals surface area contributed by atoms with E-state index < -0.39 is 5.97 Å². The molecule has 0 aliphatic heterocycles. The minimum absolute atomic E-state index is 0.184. The van der Waals surface area contributed by atoms with Crippen LogP contribution in [0.3, 0.4) is 0 Å². The lowest BCUT2D eigenvalue weighted by Gasteiger charge is -2.19. The fraction of sp³-hybridized carbons (Fsp3) is 0.368. The smallest absolute Gasteiger partial charge is 0.311 e. The van der Waals surface area contributed by atoms with Gasteiger partial charge < -0.3 is 19.2 Å². The van der Waals surface area contributed by atoms with Crippen LogP contribution in [0.5, 0.6) is 5.75 Å². The Labute approximate surface area is 147 Å². The second-order valence-electron chi connectivity index (χ2n) is 6.21. The maximum atomic E-state index is 12.8. The summed E-state index contributed by atoms with van der Waals surface area (Å²) < 4.78 is 10.6. The number of carboxylic acid groups (broad SMARTS) is 1. The molecule has 0 unspecified atom stereocenters. The zero-order chi connectivity index (χ0) is 18.7. The van der Waals surface area contributed by atoms with E-state index in [-0.39, 0.29) is 18.1 Å². The highest BCUT2D eigenvalue weighted by molar-refractivity contribution is 5.97. The van der Waals surface area contributed by atoms with Crippen molar-refractivity contribution in [2.45, 2.75) is 33.7 Å². The number of furan rings is 1. The first-order valence-corrected chi connectivity index (χ1v) is 7.93. The summed E-state index contributed by atoms with van der Waals surface area (Å²) in [7, 11) is 3.32. The molecule has 0 fully saturated rings. The number of ether oxygens (including phenoxy) is 1. The molecule has 6 heteroatoms. The van der Waals surface area contributed by atoms with Gasteiger partial charge in [-0.15, -0.1) is 0 Å². The third-order valence-electron chi connectivity index (χ3n) is 4.07. The quantitative estimate of drug-likeness (QED) is 0.870. The van der Waals surface area contributed by atoms with Crippen molar-refractivity contribution in [1.29, 1.82) is 0 Å². The lowest BCUT2D eigenvalue weighted by Crippen LogP contribution is -2.27. The lowest BCUT2D eigenvalue weighted by atomic mass is 10.0. The molecule has 0 saturated carbocycles. The van der Waals surface area contributed by atoms with Gasteiger partial charge >= 0.3 is 5.97 Å². The number of carbonyl (C=O) groups excluding carboxylic acids is 1. The van der Waals surface area contributed by atoms with Crippen LogP contribution < -0.4 is 4.74 Å². The molecule has 1 heterocycles. The summed E-state index contributed by atoms with van der Waals surface area (Å²) in [6.07, 6.45) is 1.10. The van der Waals surface area contributed by atoms with Gasteiger partial charge in [0.15, 0.2) is 0 Å². The molecular weight excluding hydrogens is 322 g/mol. The molecule has 134 valence electrons. The van der Waals surface area contributed by atoms with Crippen molar-refractivity contribution < 1.29 is 23.8 Å². The van der Waals surface area contributed by atoms with Crippen LogP contribution in [0.4, 0.5) is 0 Å². The maximum Gasteiger partial charge on any atom is 0.311 e. The monoisotopic (exact) mass is 345 g/mol. The number of hydrogen-bond acceptors (Lipinski definition) is 4. The van der Waals surface area contributed by atoms with Crippen LogP contribution in [0.2, 0.25) is 0 Å². The van der Waals surface area contributed by atoms with Crippen molar-refractivity contribution in [2.75, 3.05) is 14.2 Å². The van der Waals surface area contributed by atoms with Gasteiger partial charge in [-0.3, -0.25) is 9.59 Å². The van der Waals surface area contributed by atoms with Crippen molar-refractivity contribution >= 4 is 11.9 Å².